The van der Waals surface area contributed by atoms with Crippen molar-refractivity contribution in [2.75, 3.05) is 19.8 Å². The van der Waals surface area contributed by atoms with Crippen LogP contribution in [-0.2, 0) is 4.74 Å². The van der Waals surface area contributed by atoms with Gasteiger partial charge in [-0.1, -0.05) is 12.1 Å². The van der Waals surface area contributed by atoms with E-state index in [1.807, 2.05) is 12.1 Å². The summed E-state index contributed by atoms with van der Waals surface area (Å²) in [6, 6.07) is 8.38. The number of rotatable bonds is 6. The predicted octanol–water partition coefficient (Wildman–Crippen LogP) is 2.02. The highest BCUT2D eigenvalue weighted by Gasteiger charge is 2.23. The Kier molecular flexibility index (Phi) is 5.63. The lowest BCUT2D eigenvalue weighted by atomic mass is 9.92. The monoisotopic (exact) mass is 264 g/mol. The van der Waals surface area contributed by atoms with E-state index in [2.05, 4.69) is 24.5 Å². The Hall–Kier alpha value is -1.10. The minimum atomic E-state index is 0.269. The normalized spacial score (nSPS) is 21.1. The summed E-state index contributed by atoms with van der Waals surface area (Å²) >= 11 is 0. The summed E-state index contributed by atoms with van der Waals surface area (Å²) in [5, 5.41) is 0. The molecule has 2 unspecified atom stereocenters. The SMILES string of the molecule is Cc1cccc(OCCC(NN)C2CCCOC2)c1. The van der Waals surface area contributed by atoms with Crippen molar-refractivity contribution in [1.29, 1.82) is 0 Å². The van der Waals surface area contributed by atoms with Gasteiger partial charge in [-0.3, -0.25) is 11.3 Å². The van der Waals surface area contributed by atoms with Crippen molar-refractivity contribution in [3.05, 3.63) is 29.8 Å². The van der Waals surface area contributed by atoms with Crippen molar-refractivity contribution in [2.24, 2.45) is 11.8 Å². The molecule has 0 aromatic heterocycles. The molecule has 1 saturated heterocycles. The third kappa shape index (κ3) is 4.49. The number of hydrazine groups is 1. The Morgan fingerprint density at radius 1 is 1.53 bits per heavy atom. The van der Waals surface area contributed by atoms with Crippen molar-refractivity contribution in [1.82, 2.24) is 5.43 Å². The second kappa shape index (κ2) is 7.48. The average Bonchev–Trinajstić information content (AvgIpc) is 2.45. The topological polar surface area (TPSA) is 56.5 Å². The maximum absolute atomic E-state index is 5.77. The Bertz CT molecular complexity index is 378. The van der Waals surface area contributed by atoms with Crippen molar-refractivity contribution < 1.29 is 9.47 Å². The van der Waals surface area contributed by atoms with Gasteiger partial charge in [0, 0.05) is 12.6 Å². The molecule has 0 radical (unpaired) electrons. The van der Waals surface area contributed by atoms with Gasteiger partial charge in [-0.2, -0.15) is 0 Å². The van der Waals surface area contributed by atoms with Gasteiger partial charge in [0.05, 0.1) is 13.2 Å². The molecule has 4 heteroatoms. The van der Waals surface area contributed by atoms with Gasteiger partial charge in [-0.15, -0.1) is 0 Å². The molecular formula is C15H24N2O2. The van der Waals surface area contributed by atoms with Gasteiger partial charge in [0.2, 0.25) is 0 Å². The second-order valence-electron chi connectivity index (χ2n) is 5.20. The van der Waals surface area contributed by atoms with E-state index in [-0.39, 0.29) is 6.04 Å². The van der Waals surface area contributed by atoms with E-state index in [0.29, 0.717) is 12.5 Å². The standard InChI is InChI=1S/C15H24N2O2/c1-12-4-2-6-14(10-12)19-9-7-15(17-16)13-5-3-8-18-11-13/h2,4,6,10,13,15,17H,3,5,7-9,11,16H2,1H3. The largest absolute Gasteiger partial charge is 0.494 e. The van der Waals surface area contributed by atoms with Crippen molar-refractivity contribution >= 4 is 0 Å². The molecule has 1 aliphatic rings. The number of hydrogen-bond acceptors (Lipinski definition) is 4. The fourth-order valence-electron chi connectivity index (χ4n) is 2.55. The van der Waals surface area contributed by atoms with Crippen LogP contribution in [0, 0.1) is 12.8 Å². The van der Waals surface area contributed by atoms with Crippen molar-refractivity contribution in [3.8, 4) is 5.75 Å². The van der Waals surface area contributed by atoms with Gasteiger partial charge in [0.25, 0.3) is 0 Å². The zero-order valence-electron chi connectivity index (χ0n) is 11.6. The lowest BCUT2D eigenvalue weighted by molar-refractivity contribution is 0.0357. The summed E-state index contributed by atoms with van der Waals surface area (Å²) in [5.41, 5.74) is 4.12. The molecule has 4 nitrogen and oxygen atoms in total. The molecule has 1 aliphatic heterocycles. The van der Waals surface area contributed by atoms with Crippen LogP contribution in [0.3, 0.4) is 0 Å². The first-order valence-electron chi connectivity index (χ1n) is 7.03. The first-order chi connectivity index (χ1) is 9.29. The molecule has 2 rings (SSSR count). The van der Waals surface area contributed by atoms with Crippen LogP contribution in [0.5, 0.6) is 5.75 Å². The summed E-state index contributed by atoms with van der Waals surface area (Å²) in [4.78, 5) is 0. The predicted molar refractivity (Wildman–Crippen MR) is 75.9 cm³/mol. The molecule has 3 N–H and O–H groups in total. The van der Waals surface area contributed by atoms with Crippen LogP contribution >= 0.6 is 0 Å². The molecule has 0 aliphatic carbocycles. The van der Waals surface area contributed by atoms with E-state index in [9.17, 15) is 0 Å². The van der Waals surface area contributed by atoms with Crippen LogP contribution in [0.25, 0.3) is 0 Å². The summed E-state index contributed by atoms with van der Waals surface area (Å²) in [6.07, 6.45) is 3.21. The molecule has 0 saturated carbocycles. The molecule has 1 heterocycles. The van der Waals surface area contributed by atoms with E-state index >= 15 is 0 Å². The number of nitrogens with two attached hydrogens (primary N) is 1. The molecule has 0 bridgehead atoms. The first kappa shape index (κ1) is 14.3. The molecule has 1 aromatic carbocycles. The van der Waals surface area contributed by atoms with E-state index in [1.54, 1.807) is 0 Å². The second-order valence-corrected chi connectivity index (χ2v) is 5.20. The Balaban J connectivity index is 1.76. The van der Waals surface area contributed by atoms with Crippen LogP contribution in [-0.4, -0.2) is 25.9 Å². The van der Waals surface area contributed by atoms with Crippen LogP contribution < -0.4 is 16.0 Å². The molecule has 19 heavy (non-hydrogen) atoms. The lowest BCUT2D eigenvalue weighted by Crippen LogP contribution is -2.44. The molecule has 1 aromatic rings. The number of ether oxygens (including phenoxy) is 2. The third-order valence-electron chi connectivity index (χ3n) is 3.67. The minimum Gasteiger partial charge on any atom is -0.494 e. The van der Waals surface area contributed by atoms with Crippen LogP contribution in [0.15, 0.2) is 24.3 Å². The Labute approximate surface area is 115 Å². The summed E-state index contributed by atoms with van der Waals surface area (Å²) in [5.74, 6) is 7.07. The highest BCUT2D eigenvalue weighted by atomic mass is 16.5. The minimum absolute atomic E-state index is 0.269. The molecule has 1 fully saturated rings. The maximum atomic E-state index is 5.77. The van der Waals surface area contributed by atoms with E-state index in [4.69, 9.17) is 15.3 Å². The Morgan fingerprint density at radius 2 is 2.42 bits per heavy atom. The number of aryl methyl sites for hydroxylation is 1. The van der Waals surface area contributed by atoms with E-state index in [1.165, 1.54) is 12.0 Å². The first-order valence-corrected chi connectivity index (χ1v) is 7.03. The van der Waals surface area contributed by atoms with Crippen LogP contribution in [0.2, 0.25) is 0 Å². The zero-order chi connectivity index (χ0) is 13.5. The molecule has 0 amide bonds. The number of benzene rings is 1. The fraction of sp³-hybridized carbons (Fsp3) is 0.600. The lowest BCUT2D eigenvalue weighted by Gasteiger charge is -2.29. The molecule has 106 valence electrons. The number of hydrogen-bond donors (Lipinski definition) is 2. The van der Waals surface area contributed by atoms with Crippen molar-refractivity contribution in [3.63, 3.8) is 0 Å². The van der Waals surface area contributed by atoms with Crippen LogP contribution in [0.1, 0.15) is 24.8 Å². The van der Waals surface area contributed by atoms with E-state index in [0.717, 1.165) is 31.8 Å². The highest BCUT2D eigenvalue weighted by Crippen LogP contribution is 2.20. The van der Waals surface area contributed by atoms with Crippen molar-refractivity contribution in [2.45, 2.75) is 32.2 Å². The van der Waals surface area contributed by atoms with E-state index < -0.39 is 0 Å². The van der Waals surface area contributed by atoms with Crippen LogP contribution in [0.4, 0.5) is 0 Å². The summed E-state index contributed by atoms with van der Waals surface area (Å²) < 4.78 is 11.3. The average molecular weight is 264 g/mol. The quantitative estimate of drug-likeness (QED) is 0.609. The van der Waals surface area contributed by atoms with Gasteiger partial charge >= 0.3 is 0 Å². The number of nitrogens with one attached hydrogen (secondary N) is 1. The van der Waals surface area contributed by atoms with Gasteiger partial charge in [-0.25, -0.2) is 0 Å². The third-order valence-corrected chi connectivity index (χ3v) is 3.67. The molecule has 0 spiro atoms. The summed E-state index contributed by atoms with van der Waals surface area (Å²) in [6.45, 7) is 4.43. The highest BCUT2D eigenvalue weighted by molar-refractivity contribution is 5.27. The smallest absolute Gasteiger partial charge is 0.119 e. The fourth-order valence-corrected chi connectivity index (χ4v) is 2.55. The maximum Gasteiger partial charge on any atom is 0.119 e. The van der Waals surface area contributed by atoms with Gasteiger partial charge < -0.3 is 9.47 Å². The molecular weight excluding hydrogens is 240 g/mol. The Morgan fingerprint density at radius 3 is 3.11 bits per heavy atom. The molecule has 2 atom stereocenters. The van der Waals surface area contributed by atoms with Gasteiger partial charge in [0.15, 0.2) is 0 Å². The zero-order valence-corrected chi connectivity index (χ0v) is 11.6. The van der Waals surface area contributed by atoms with Gasteiger partial charge in [0.1, 0.15) is 5.75 Å². The summed E-state index contributed by atoms with van der Waals surface area (Å²) in [7, 11) is 0. The van der Waals surface area contributed by atoms with Gasteiger partial charge in [-0.05, 0) is 49.8 Å².